The number of likely N-dealkylation sites (tertiary alicyclic amines) is 1. The maximum absolute atomic E-state index is 13.3. The maximum atomic E-state index is 13.3. The Balaban J connectivity index is 1.14. The molecule has 2 aromatic heterocycles. The highest BCUT2D eigenvalue weighted by molar-refractivity contribution is 5.97. The molecule has 0 radical (unpaired) electrons. The highest BCUT2D eigenvalue weighted by atomic mass is 16.5. The van der Waals surface area contributed by atoms with E-state index in [1.54, 1.807) is 0 Å². The van der Waals surface area contributed by atoms with E-state index < -0.39 is 0 Å². The number of piperidine rings is 1. The summed E-state index contributed by atoms with van der Waals surface area (Å²) in [6.07, 6.45) is 6.60. The normalized spacial score (nSPS) is 14.0. The molecule has 0 saturated carbocycles. The Labute approximate surface area is 217 Å². The molecular formula is C30H32N4O3. The molecule has 3 heterocycles. The highest BCUT2D eigenvalue weighted by Gasteiger charge is 2.26. The van der Waals surface area contributed by atoms with E-state index in [0.717, 1.165) is 41.7 Å². The summed E-state index contributed by atoms with van der Waals surface area (Å²) >= 11 is 0. The van der Waals surface area contributed by atoms with Crippen LogP contribution in [-0.4, -0.2) is 45.2 Å². The third kappa shape index (κ3) is 6.00. The molecule has 1 N–H and O–H groups in total. The summed E-state index contributed by atoms with van der Waals surface area (Å²) in [6.45, 7) is 3.51. The summed E-state index contributed by atoms with van der Waals surface area (Å²) in [5.41, 5.74) is 4.52. The van der Waals surface area contributed by atoms with Gasteiger partial charge in [0.25, 0.3) is 5.91 Å². The Kier molecular flexibility index (Phi) is 7.49. The van der Waals surface area contributed by atoms with Crippen LogP contribution in [0.2, 0.25) is 0 Å². The molecule has 2 aromatic carbocycles. The number of benzene rings is 2. The van der Waals surface area contributed by atoms with E-state index in [1.165, 1.54) is 0 Å². The Hall–Kier alpha value is -4.13. The van der Waals surface area contributed by atoms with Crippen molar-refractivity contribution in [2.75, 3.05) is 13.1 Å². The molecule has 0 spiro atoms. The van der Waals surface area contributed by atoms with Gasteiger partial charge in [-0.05, 0) is 55.5 Å². The average molecular weight is 497 g/mol. The molecule has 1 aliphatic rings. The number of pyridine rings is 1. The van der Waals surface area contributed by atoms with Crippen molar-refractivity contribution in [2.24, 2.45) is 0 Å². The van der Waals surface area contributed by atoms with Crippen LogP contribution in [0, 0.1) is 6.92 Å². The fourth-order valence-electron chi connectivity index (χ4n) is 4.79. The first-order valence-electron chi connectivity index (χ1n) is 12.8. The molecule has 7 heteroatoms. The molecule has 37 heavy (non-hydrogen) atoms. The zero-order chi connectivity index (χ0) is 25.6. The lowest BCUT2D eigenvalue weighted by molar-refractivity contribution is -0.122. The molecule has 0 unspecified atom stereocenters. The molecule has 0 aliphatic carbocycles. The van der Waals surface area contributed by atoms with Crippen molar-refractivity contribution in [3.8, 4) is 5.75 Å². The van der Waals surface area contributed by atoms with Gasteiger partial charge < -0.3 is 19.4 Å². The smallest absolute Gasteiger partial charge is 0.257 e. The molecule has 190 valence electrons. The van der Waals surface area contributed by atoms with Gasteiger partial charge in [0.05, 0.1) is 11.3 Å². The molecule has 1 aliphatic heterocycles. The number of carbonyl (C=O) groups excluding carboxylic acids is 2. The Bertz CT molecular complexity index is 1370. The number of para-hydroxylation sites is 1. The molecule has 7 nitrogen and oxygen atoms in total. The quantitative estimate of drug-likeness (QED) is 0.388. The van der Waals surface area contributed by atoms with Gasteiger partial charge in [0.1, 0.15) is 18.0 Å². The minimum Gasteiger partial charge on any atom is -0.486 e. The molecule has 1 saturated heterocycles. The van der Waals surface area contributed by atoms with Crippen molar-refractivity contribution >= 4 is 17.5 Å². The van der Waals surface area contributed by atoms with E-state index in [1.807, 2.05) is 95.3 Å². The van der Waals surface area contributed by atoms with E-state index in [-0.39, 0.29) is 24.5 Å². The number of nitrogens with one attached hydrogen (secondary N) is 1. The monoisotopic (exact) mass is 496 g/mol. The fourth-order valence-corrected chi connectivity index (χ4v) is 4.79. The third-order valence-electron chi connectivity index (χ3n) is 6.85. The number of amides is 2. The van der Waals surface area contributed by atoms with Crippen molar-refractivity contribution in [2.45, 2.75) is 45.3 Å². The van der Waals surface area contributed by atoms with Gasteiger partial charge in [0.2, 0.25) is 5.91 Å². The number of imidazole rings is 1. The van der Waals surface area contributed by atoms with Crippen LogP contribution in [0.3, 0.4) is 0 Å². The van der Waals surface area contributed by atoms with Crippen LogP contribution in [0.4, 0.5) is 0 Å². The maximum Gasteiger partial charge on any atom is 0.257 e. The summed E-state index contributed by atoms with van der Waals surface area (Å²) in [5, 5.41) is 3.14. The third-order valence-corrected chi connectivity index (χ3v) is 6.85. The van der Waals surface area contributed by atoms with Gasteiger partial charge in [-0.15, -0.1) is 0 Å². The SMILES string of the molecule is Cc1cccn2cc(COc3ccccc3C(=O)N3CCC(NC(=O)CCc4ccccc4)CC3)nc12. The van der Waals surface area contributed by atoms with E-state index >= 15 is 0 Å². The molecule has 1 fully saturated rings. The van der Waals surface area contributed by atoms with Crippen molar-refractivity contribution in [1.82, 2.24) is 19.6 Å². The Morgan fingerprint density at radius 2 is 1.76 bits per heavy atom. The first-order chi connectivity index (χ1) is 18.1. The first-order valence-corrected chi connectivity index (χ1v) is 12.8. The van der Waals surface area contributed by atoms with Gasteiger partial charge in [-0.25, -0.2) is 4.98 Å². The molecule has 0 bridgehead atoms. The summed E-state index contributed by atoms with van der Waals surface area (Å²) in [5.74, 6) is 0.572. The van der Waals surface area contributed by atoms with E-state index in [0.29, 0.717) is 30.8 Å². The Morgan fingerprint density at radius 3 is 2.54 bits per heavy atom. The van der Waals surface area contributed by atoms with Crippen molar-refractivity contribution in [1.29, 1.82) is 0 Å². The van der Waals surface area contributed by atoms with Crippen LogP contribution >= 0.6 is 0 Å². The number of carbonyl (C=O) groups is 2. The number of aryl methyl sites for hydroxylation is 2. The van der Waals surface area contributed by atoms with Crippen molar-refractivity contribution < 1.29 is 14.3 Å². The van der Waals surface area contributed by atoms with Gasteiger partial charge >= 0.3 is 0 Å². The summed E-state index contributed by atoms with van der Waals surface area (Å²) < 4.78 is 8.04. The fraction of sp³-hybridized carbons (Fsp3) is 0.300. The van der Waals surface area contributed by atoms with Crippen LogP contribution in [0.5, 0.6) is 5.75 Å². The van der Waals surface area contributed by atoms with Gasteiger partial charge in [-0.2, -0.15) is 0 Å². The second-order valence-electron chi connectivity index (χ2n) is 9.56. The topological polar surface area (TPSA) is 75.9 Å². The Morgan fingerprint density at radius 1 is 1.00 bits per heavy atom. The first kappa shape index (κ1) is 24.6. The van der Waals surface area contributed by atoms with Gasteiger partial charge in [-0.3, -0.25) is 9.59 Å². The second-order valence-corrected chi connectivity index (χ2v) is 9.56. The van der Waals surface area contributed by atoms with E-state index in [4.69, 9.17) is 4.74 Å². The van der Waals surface area contributed by atoms with E-state index in [9.17, 15) is 9.59 Å². The molecule has 4 aromatic rings. The lowest BCUT2D eigenvalue weighted by atomic mass is 10.0. The van der Waals surface area contributed by atoms with E-state index in [2.05, 4.69) is 10.3 Å². The van der Waals surface area contributed by atoms with Crippen LogP contribution < -0.4 is 10.1 Å². The summed E-state index contributed by atoms with van der Waals surface area (Å²) in [4.78, 5) is 32.3. The summed E-state index contributed by atoms with van der Waals surface area (Å²) in [7, 11) is 0. The predicted molar refractivity (Wildman–Crippen MR) is 143 cm³/mol. The minimum atomic E-state index is -0.0460. The lowest BCUT2D eigenvalue weighted by Gasteiger charge is -2.32. The summed E-state index contributed by atoms with van der Waals surface area (Å²) in [6, 6.07) is 21.5. The predicted octanol–water partition coefficient (Wildman–Crippen LogP) is 4.58. The molecule has 2 amide bonds. The molecular weight excluding hydrogens is 464 g/mol. The zero-order valence-electron chi connectivity index (χ0n) is 21.1. The largest absolute Gasteiger partial charge is 0.486 e. The van der Waals surface area contributed by atoms with Crippen LogP contribution in [-0.2, 0) is 17.8 Å². The number of ether oxygens (including phenoxy) is 1. The van der Waals surface area contributed by atoms with Crippen molar-refractivity contribution in [3.63, 3.8) is 0 Å². The highest BCUT2D eigenvalue weighted by Crippen LogP contribution is 2.23. The number of hydrogen-bond acceptors (Lipinski definition) is 4. The van der Waals surface area contributed by atoms with Gasteiger partial charge in [-0.1, -0.05) is 48.5 Å². The zero-order valence-corrected chi connectivity index (χ0v) is 21.1. The van der Waals surface area contributed by atoms with Crippen LogP contribution in [0.25, 0.3) is 5.65 Å². The average Bonchev–Trinajstić information content (AvgIpc) is 3.36. The van der Waals surface area contributed by atoms with Crippen LogP contribution in [0.15, 0.2) is 79.1 Å². The van der Waals surface area contributed by atoms with Gasteiger partial charge in [0.15, 0.2) is 0 Å². The standard InChI is InChI=1S/C30H32N4O3/c1-22-8-7-17-34-20-25(32-29(22)34)21-37-27-12-6-5-11-26(27)30(36)33-18-15-24(16-19-33)31-28(35)14-13-23-9-3-2-4-10-23/h2-12,17,20,24H,13-16,18-19,21H2,1H3,(H,31,35). The van der Waals surface area contributed by atoms with Crippen molar-refractivity contribution in [3.05, 3.63) is 102 Å². The second kappa shape index (κ2) is 11.3. The van der Waals surface area contributed by atoms with Crippen LogP contribution in [0.1, 0.15) is 46.4 Å². The number of rotatable bonds is 8. The minimum absolute atomic E-state index is 0.0460. The number of nitrogens with zero attached hydrogens (tertiary/aromatic N) is 3. The molecule has 5 rings (SSSR count). The molecule has 0 atom stereocenters. The van der Waals surface area contributed by atoms with Gasteiger partial charge in [0, 0.05) is 37.9 Å². The number of aromatic nitrogens is 2. The lowest BCUT2D eigenvalue weighted by Crippen LogP contribution is -2.46. The number of hydrogen-bond donors (Lipinski definition) is 1. The number of fused-ring (bicyclic) bond motifs is 1.